The lowest BCUT2D eigenvalue weighted by atomic mass is 9.83. The summed E-state index contributed by atoms with van der Waals surface area (Å²) in [5.41, 5.74) is 2.42. The van der Waals surface area contributed by atoms with Gasteiger partial charge in [0.05, 0.1) is 0 Å². The average molecular weight is 476 g/mol. The molecule has 0 radical (unpaired) electrons. The molecule has 0 saturated carbocycles. The van der Waals surface area contributed by atoms with Crippen molar-refractivity contribution >= 4 is 5.97 Å². The predicted octanol–water partition coefficient (Wildman–Crippen LogP) is 5.72. The number of carboxylic acid groups (broad SMARTS) is 1. The quantitative estimate of drug-likeness (QED) is 0.218. The summed E-state index contributed by atoms with van der Waals surface area (Å²) in [5, 5.41) is 20.8. The van der Waals surface area contributed by atoms with Crippen molar-refractivity contribution in [1.29, 1.82) is 0 Å². The van der Waals surface area contributed by atoms with Gasteiger partial charge in [-0.05, 0) is 36.1 Å². The number of rotatable bonds is 13. The van der Waals surface area contributed by atoms with Crippen molar-refractivity contribution < 1.29 is 19.7 Å². The van der Waals surface area contributed by atoms with Gasteiger partial charge < -0.3 is 20.3 Å². The van der Waals surface area contributed by atoms with Gasteiger partial charge in [0.15, 0.2) is 6.10 Å². The minimum Gasteiger partial charge on any atom is -0.479 e. The van der Waals surface area contributed by atoms with E-state index in [9.17, 15) is 4.79 Å². The van der Waals surface area contributed by atoms with Gasteiger partial charge in [0.2, 0.25) is 0 Å². The zero-order valence-electron chi connectivity index (χ0n) is 20.5. The largest absolute Gasteiger partial charge is 0.479 e. The number of aliphatic hydroxyl groups is 1. The Morgan fingerprint density at radius 1 is 0.971 bits per heavy atom. The topological polar surface area (TPSA) is 78.8 Å². The molecule has 186 valence electrons. The first-order chi connectivity index (χ1) is 17.0. The number of unbranched alkanes of at least 4 members (excludes halogenated alkanes) is 1. The van der Waals surface area contributed by atoms with Crippen LogP contribution in [0.4, 0.5) is 0 Å². The highest BCUT2D eigenvalue weighted by Crippen LogP contribution is 2.37. The fraction of sp³-hybridized carbons (Fsp3) is 0.300. The second-order valence-corrected chi connectivity index (χ2v) is 8.16. The lowest BCUT2D eigenvalue weighted by Crippen LogP contribution is -2.35. The number of aliphatic carboxylic acids is 1. The first-order valence-electron chi connectivity index (χ1n) is 12.1. The maximum Gasteiger partial charge on any atom is 0.337 e. The molecule has 3 aromatic carbocycles. The van der Waals surface area contributed by atoms with E-state index in [1.54, 1.807) is 30.3 Å². The average Bonchev–Trinajstić information content (AvgIpc) is 2.91. The third-order valence-corrected chi connectivity index (χ3v) is 5.62. The van der Waals surface area contributed by atoms with Gasteiger partial charge in [-0.1, -0.05) is 110 Å². The van der Waals surface area contributed by atoms with E-state index in [0.29, 0.717) is 5.56 Å². The minimum atomic E-state index is -1.41. The Morgan fingerprint density at radius 2 is 1.49 bits per heavy atom. The molecule has 0 aliphatic carbocycles. The summed E-state index contributed by atoms with van der Waals surface area (Å²) in [6, 6.07) is 29.4. The molecular formula is C30H37NO4. The molecule has 3 aromatic rings. The molecule has 0 saturated heterocycles. The molecule has 0 fully saturated rings. The minimum absolute atomic E-state index is 0.403. The first-order valence-corrected chi connectivity index (χ1v) is 12.1. The van der Waals surface area contributed by atoms with Crippen molar-refractivity contribution in [2.45, 2.75) is 37.9 Å². The van der Waals surface area contributed by atoms with E-state index in [2.05, 4.69) is 79.5 Å². The van der Waals surface area contributed by atoms with Crippen molar-refractivity contribution in [3.63, 3.8) is 0 Å². The van der Waals surface area contributed by atoms with Gasteiger partial charge in [0.1, 0.15) is 5.60 Å². The molecule has 3 rings (SSSR count). The Labute approximate surface area is 209 Å². The normalized spacial score (nSPS) is 11.7. The smallest absolute Gasteiger partial charge is 0.337 e. The van der Waals surface area contributed by atoms with Gasteiger partial charge in [-0.25, -0.2) is 4.79 Å². The Kier molecular flexibility index (Phi) is 12.5. The van der Waals surface area contributed by atoms with Crippen LogP contribution in [0.5, 0.6) is 0 Å². The Morgan fingerprint density at radius 3 is 1.94 bits per heavy atom. The van der Waals surface area contributed by atoms with E-state index in [-0.39, 0.29) is 0 Å². The number of carboxylic acids is 1. The molecule has 5 heteroatoms. The van der Waals surface area contributed by atoms with Crippen LogP contribution in [0.1, 0.15) is 49.0 Å². The van der Waals surface area contributed by atoms with Crippen molar-refractivity contribution in [2.75, 3.05) is 19.7 Å². The summed E-state index contributed by atoms with van der Waals surface area (Å²) in [5.74, 6) is -1.23. The Hall–Kier alpha value is -3.25. The molecule has 0 bridgehead atoms. The number of benzene rings is 3. The van der Waals surface area contributed by atoms with Crippen molar-refractivity contribution in [3.8, 4) is 0 Å². The van der Waals surface area contributed by atoms with Crippen molar-refractivity contribution in [1.82, 2.24) is 5.32 Å². The fourth-order valence-corrected chi connectivity index (χ4v) is 3.75. The maximum absolute atomic E-state index is 10.2. The lowest BCUT2D eigenvalue weighted by molar-refractivity contribution is -0.146. The van der Waals surface area contributed by atoms with E-state index < -0.39 is 17.7 Å². The van der Waals surface area contributed by atoms with Crippen LogP contribution in [0.15, 0.2) is 104 Å². The van der Waals surface area contributed by atoms with Crippen LogP contribution in [0.25, 0.3) is 0 Å². The van der Waals surface area contributed by atoms with Crippen LogP contribution in [0.2, 0.25) is 0 Å². The standard InChI is InChI=1S/C22H29NO.C8H8O3/c1-3-5-19-24-22(16-18-23-17-4-2,20-12-8-6-9-13-20)21-14-10-7-11-15-21;9-7(8(10)11)6-4-2-1-3-5-6/h4,6-15,23H,2-3,5,16-19H2,1H3;1-5,7,9H,(H,10,11). The van der Waals surface area contributed by atoms with Crippen molar-refractivity contribution in [2.24, 2.45) is 0 Å². The summed E-state index contributed by atoms with van der Waals surface area (Å²) >= 11 is 0. The monoisotopic (exact) mass is 475 g/mol. The summed E-state index contributed by atoms with van der Waals surface area (Å²) < 4.78 is 6.56. The zero-order valence-corrected chi connectivity index (χ0v) is 20.5. The molecule has 0 heterocycles. The highest BCUT2D eigenvalue weighted by molar-refractivity contribution is 5.73. The summed E-state index contributed by atoms with van der Waals surface area (Å²) in [4.78, 5) is 10.2. The number of carbonyl (C=O) groups is 1. The highest BCUT2D eigenvalue weighted by atomic mass is 16.5. The van der Waals surface area contributed by atoms with Crippen LogP contribution in [-0.4, -0.2) is 35.9 Å². The lowest BCUT2D eigenvalue weighted by Gasteiger charge is -2.35. The number of hydrogen-bond donors (Lipinski definition) is 3. The Bertz CT molecular complexity index is 938. The summed E-state index contributed by atoms with van der Waals surface area (Å²) in [6.07, 6.45) is 3.58. The number of nitrogens with one attached hydrogen (secondary N) is 1. The second-order valence-electron chi connectivity index (χ2n) is 8.16. The SMILES string of the molecule is C=CCNCCC(OCCCC)(c1ccccc1)c1ccccc1.O=C(O)C(O)c1ccccc1. The highest BCUT2D eigenvalue weighted by Gasteiger charge is 2.34. The number of ether oxygens (including phenoxy) is 1. The third-order valence-electron chi connectivity index (χ3n) is 5.62. The molecule has 0 aliphatic heterocycles. The molecular weight excluding hydrogens is 438 g/mol. The molecule has 0 amide bonds. The molecule has 0 aliphatic rings. The Balaban J connectivity index is 0.000000328. The van der Waals surface area contributed by atoms with Crippen molar-refractivity contribution in [3.05, 3.63) is 120 Å². The van der Waals surface area contributed by atoms with E-state index in [1.165, 1.54) is 11.1 Å². The van der Waals surface area contributed by atoms with Gasteiger partial charge in [-0.15, -0.1) is 6.58 Å². The molecule has 1 atom stereocenters. The van der Waals surface area contributed by atoms with Crippen LogP contribution in [-0.2, 0) is 15.1 Å². The predicted molar refractivity (Wildman–Crippen MR) is 141 cm³/mol. The molecule has 3 N–H and O–H groups in total. The van der Waals surface area contributed by atoms with Gasteiger partial charge in [0, 0.05) is 13.2 Å². The number of aliphatic hydroxyl groups excluding tert-OH is 1. The molecule has 1 unspecified atom stereocenters. The van der Waals surface area contributed by atoms with E-state index >= 15 is 0 Å². The molecule has 0 aromatic heterocycles. The molecule has 0 spiro atoms. The second kappa shape index (κ2) is 15.6. The van der Waals surface area contributed by atoms with Gasteiger partial charge in [-0.3, -0.25) is 0 Å². The van der Waals surface area contributed by atoms with E-state index in [0.717, 1.165) is 39.0 Å². The van der Waals surface area contributed by atoms with E-state index in [1.807, 2.05) is 6.08 Å². The van der Waals surface area contributed by atoms with Gasteiger partial charge in [-0.2, -0.15) is 0 Å². The van der Waals surface area contributed by atoms with Crippen LogP contribution in [0.3, 0.4) is 0 Å². The maximum atomic E-state index is 10.2. The molecule has 35 heavy (non-hydrogen) atoms. The zero-order chi connectivity index (χ0) is 25.4. The molecule has 5 nitrogen and oxygen atoms in total. The van der Waals surface area contributed by atoms with Crippen LogP contribution in [0, 0.1) is 0 Å². The first kappa shape index (κ1) is 28.0. The summed E-state index contributed by atoms with van der Waals surface area (Å²) in [7, 11) is 0. The van der Waals surface area contributed by atoms with Gasteiger partial charge in [0.25, 0.3) is 0 Å². The number of hydrogen-bond acceptors (Lipinski definition) is 4. The van der Waals surface area contributed by atoms with Crippen LogP contribution < -0.4 is 5.32 Å². The van der Waals surface area contributed by atoms with E-state index in [4.69, 9.17) is 14.9 Å². The summed E-state index contributed by atoms with van der Waals surface area (Å²) in [6.45, 7) is 8.43. The fourth-order valence-electron chi connectivity index (χ4n) is 3.75. The van der Waals surface area contributed by atoms with Crippen LogP contribution >= 0.6 is 0 Å². The third kappa shape index (κ3) is 8.80. The van der Waals surface area contributed by atoms with Gasteiger partial charge >= 0.3 is 5.97 Å².